The number of benzene rings is 1. The minimum Gasteiger partial charge on any atom is -0.479 e. The monoisotopic (exact) mass is 243 g/mol. The van der Waals surface area contributed by atoms with Crippen LogP contribution in [-0.4, -0.2) is 30.8 Å². The van der Waals surface area contributed by atoms with Gasteiger partial charge in [0.25, 0.3) is 0 Å². The van der Waals surface area contributed by atoms with E-state index >= 15 is 0 Å². The van der Waals surface area contributed by atoms with E-state index in [0.717, 1.165) is 0 Å². The first-order chi connectivity index (χ1) is 7.63. The van der Waals surface area contributed by atoms with Crippen molar-refractivity contribution in [3.8, 4) is 5.75 Å². The van der Waals surface area contributed by atoms with Crippen molar-refractivity contribution in [2.45, 2.75) is 12.5 Å². The summed E-state index contributed by atoms with van der Waals surface area (Å²) in [4.78, 5) is 10.9. The van der Waals surface area contributed by atoms with Crippen molar-refractivity contribution in [1.82, 2.24) is 5.32 Å². The van der Waals surface area contributed by atoms with Gasteiger partial charge in [0.05, 0.1) is 0 Å². The zero-order valence-corrected chi connectivity index (χ0v) is 9.70. The van der Waals surface area contributed by atoms with Gasteiger partial charge in [0.15, 0.2) is 6.10 Å². The van der Waals surface area contributed by atoms with Gasteiger partial charge in [-0.3, -0.25) is 0 Å². The number of carbonyl (C=O) groups is 1. The summed E-state index contributed by atoms with van der Waals surface area (Å²) >= 11 is 5.71. The SMILES string of the molecule is CNCCC(Oc1ccc(Cl)cc1)C(=O)O. The molecule has 0 heterocycles. The van der Waals surface area contributed by atoms with Gasteiger partial charge in [-0.05, 0) is 37.9 Å². The van der Waals surface area contributed by atoms with Gasteiger partial charge in [-0.15, -0.1) is 0 Å². The number of nitrogens with one attached hydrogen (secondary N) is 1. The van der Waals surface area contributed by atoms with E-state index in [-0.39, 0.29) is 0 Å². The number of rotatable bonds is 6. The third-order valence-electron chi connectivity index (χ3n) is 2.02. The largest absolute Gasteiger partial charge is 0.479 e. The van der Waals surface area contributed by atoms with Crippen LogP contribution in [-0.2, 0) is 4.79 Å². The van der Waals surface area contributed by atoms with E-state index in [1.54, 1.807) is 31.3 Å². The van der Waals surface area contributed by atoms with Crippen LogP contribution >= 0.6 is 11.6 Å². The Labute approximate surface area is 99.2 Å². The maximum Gasteiger partial charge on any atom is 0.344 e. The molecule has 2 N–H and O–H groups in total. The average molecular weight is 244 g/mol. The number of halogens is 1. The van der Waals surface area contributed by atoms with Crippen LogP contribution in [0.4, 0.5) is 0 Å². The van der Waals surface area contributed by atoms with E-state index in [9.17, 15) is 4.79 Å². The molecule has 1 atom stereocenters. The van der Waals surface area contributed by atoms with Gasteiger partial charge in [-0.25, -0.2) is 4.79 Å². The Morgan fingerprint density at radius 2 is 2.12 bits per heavy atom. The highest BCUT2D eigenvalue weighted by Gasteiger charge is 2.18. The maximum atomic E-state index is 10.9. The molecule has 0 aliphatic carbocycles. The van der Waals surface area contributed by atoms with Crippen LogP contribution < -0.4 is 10.1 Å². The number of ether oxygens (including phenoxy) is 1. The number of hydrogen-bond acceptors (Lipinski definition) is 3. The molecular weight excluding hydrogens is 230 g/mol. The molecule has 0 aliphatic heterocycles. The predicted molar refractivity (Wildman–Crippen MR) is 62.0 cm³/mol. The van der Waals surface area contributed by atoms with E-state index in [1.807, 2.05) is 0 Å². The molecule has 5 heteroatoms. The minimum absolute atomic E-state index is 0.411. The molecule has 1 unspecified atom stereocenters. The first kappa shape index (κ1) is 12.8. The normalized spacial score (nSPS) is 12.1. The van der Waals surface area contributed by atoms with Crippen LogP contribution in [0.5, 0.6) is 5.75 Å². The van der Waals surface area contributed by atoms with E-state index in [0.29, 0.717) is 23.7 Å². The highest BCUT2D eigenvalue weighted by molar-refractivity contribution is 6.30. The fourth-order valence-electron chi connectivity index (χ4n) is 1.19. The Morgan fingerprint density at radius 3 is 2.62 bits per heavy atom. The lowest BCUT2D eigenvalue weighted by molar-refractivity contribution is -0.145. The van der Waals surface area contributed by atoms with Crippen LogP contribution in [0.1, 0.15) is 6.42 Å². The van der Waals surface area contributed by atoms with Crippen LogP contribution in [0, 0.1) is 0 Å². The molecule has 1 aromatic carbocycles. The quantitative estimate of drug-likeness (QED) is 0.800. The van der Waals surface area contributed by atoms with Crippen LogP contribution in [0.2, 0.25) is 5.02 Å². The van der Waals surface area contributed by atoms with Gasteiger partial charge < -0.3 is 15.2 Å². The lowest BCUT2D eigenvalue weighted by Crippen LogP contribution is -2.30. The number of carboxylic acids is 1. The highest BCUT2D eigenvalue weighted by atomic mass is 35.5. The smallest absolute Gasteiger partial charge is 0.344 e. The van der Waals surface area contributed by atoms with Crippen LogP contribution in [0.25, 0.3) is 0 Å². The fourth-order valence-corrected chi connectivity index (χ4v) is 1.31. The molecular formula is C11H14ClNO3. The molecule has 0 aliphatic rings. The second-order valence-electron chi connectivity index (χ2n) is 3.29. The third kappa shape index (κ3) is 4.08. The molecule has 88 valence electrons. The summed E-state index contributed by atoms with van der Waals surface area (Å²) in [7, 11) is 1.77. The van der Waals surface area contributed by atoms with Gasteiger partial charge in [0.2, 0.25) is 0 Å². The lowest BCUT2D eigenvalue weighted by Gasteiger charge is -2.14. The van der Waals surface area contributed by atoms with Crippen molar-refractivity contribution in [2.75, 3.05) is 13.6 Å². The lowest BCUT2D eigenvalue weighted by atomic mass is 10.2. The Kier molecular flexibility index (Phi) is 5.08. The Morgan fingerprint density at radius 1 is 1.50 bits per heavy atom. The number of hydrogen-bond donors (Lipinski definition) is 2. The van der Waals surface area contributed by atoms with Crippen molar-refractivity contribution in [3.05, 3.63) is 29.3 Å². The first-order valence-electron chi connectivity index (χ1n) is 4.93. The highest BCUT2D eigenvalue weighted by Crippen LogP contribution is 2.17. The molecule has 0 saturated carbocycles. The molecule has 1 rings (SSSR count). The Bertz CT molecular complexity index is 340. The second kappa shape index (κ2) is 6.35. The van der Waals surface area contributed by atoms with Gasteiger partial charge >= 0.3 is 5.97 Å². The standard InChI is InChI=1S/C11H14ClNO3/c1-13-7-6-10(11(14)15)16-9-4-2-8(12)3-5-9/h2-5,10,13H,6-7H2,1H3,(H,14,15). The summed E-state index contributed by atoms with van der Waals surface area (Å²) in [6.45, 7) is 0.588. The molecule has 0 bridgehead atoms. The molecule has 16 heavy (non-hydrogen) atoms. The molecule has 4 nitrogen and oxygen atoms in total. The van der Waals surface area contributed by atoms with Crippen LogP contribution in [0.15, 0.2) is 24.3 Å². The van der Waals surface area contributed by atoms with E-state index in [4.69, 9.17) is 21.4 Å². The van der Waals surface area contributed by atoms with Crippen LogP contribution in [0.3, 0.4) is 0 Å². The van der Waals surface area contributed by atoms with Gasteiger partial charge in [-0.2, -0.15) is 0 Å². The average Bonchev–Trinajstić information content (AvgIpc) is 2.26. The molecule has 0 aromatic heterocycles. The van der Waals surface area contributed by atoms with Gasteiger partial charge in [-0.1, -0.05) is 11.6 Å². The van der Waals surface area contributed by atoms with Crippen molar-refractivity contribution in [2.24, 2.45) is 0 Å². The molecule has 0 radical (unpaired) electrons. The summed E-state index contributed by atoms with van der Waals surface area (Å²) in [5.41, 5.74) is 0. The third-order valence-corrected chi connectivity index (χ3v) is 2.28. The number of aliphatic carboxylic acids is 1. The maximum absolute atomic E-state index is 10.9. The van der Waals surface area contributed by atoms with Crippen molar-refractivity contribution in [1.29, 1.82) is 0 Å². The molecule has 0 spiro atoms. The van der Waals surface area contributed by atoms with E-state index in [1.165, 1.54) is 0 Å². The molecule has 0 saturated heterocycles. The molecule has 1 aromatic rings. The second-order valence-corrected chi connectivity index (χ2v) is 3.73. The number of carboxylic acid groups (broad SMARTS) is 1. The van der Waals surface area contributed by atoms with Crippen molar-refractivity contribution >= 4 is 17.6 Å². The van der Waals surface area contributed by atoms with Crippen molar-refractivity contribution in [3.63, 3.8) is 0 Å². The van der Waals surface area contributed by atoms with E-state index < -0.39 is 12.1 Å². The topological polar surface area (TPSA) is 58.6 Å². The predicted octanol–water partition coefficient (Wildman–Crippen LogP) is 1.78. The zero-order valence-electron chi connectivity index (χ0n) is 8.94. The zero-order chi connectivity index (χ0) is 12.0. The van der Waals surface area contributed by atoms with Crippen molar-refractivity contribution < 1.29 is 14.6 Å². The van der Waals surface area contributed by atoms with E-state index in [2.05, 4.69) is 5.32 Å². The summed E-state index contributed by atoms with van der Waals surface area (Å²) in [5, 5.41) is 12.4. The Balaban J connectivity index is 2.60. The fraction of sp³-hybridized carbons (Fsp3) is 0.364. The summed E-state index contributed by atoms with van der Waals surface area (Å²) in [6.07, 6.45) is -0.428. The summed E-state index contributed by atoms with van der Waals surface area (Å²) in [5.74, 6) is -0.460. The minimum atomic E-state index is -0.967. The molecule has 0 amide bonds. The van der Waals surface area contributed by atoms with Gasteiger partial charge in [0, 0.05) is 11.4 Å². The summed E-state index contributed by atoms with van der Waals surface area (Å²) in [6, 6.07) is 6.62. The van der Waals surface area contributed by atoms with Gasteiger partial charge in [0.1, 0.15) is 5.75 Å². The summed E-state index contributed by atoms with van der Waals surface area (Å²) < 4.78 is 5.33. The molecule has 0 fully saturated rings. The Hall–Kier alpha value is -1.26. The first-order valence-corrected chi connectivity index (χ1v) is 5.31.